The number of ether oxygens (including phenoxy) is 2. The number of aryl methyl sites for hydroxylation is 2. The molecule has 0 amide bonds. The average molecular weight is 484 g/mol. The van der Waals surface area contributed by atoms with Gasteiger partial charge < -0.3 is 19.9 Å². The summed E-state index contributed by atoms with van der Waals surface area (Å²) >= 11 is 3.63. The third-order valence-electron chi connectivity index (χ3n) is 4.96. The maximum absolute atomic E-state index is 11.1. The van der Waals surface area contributed by atoms with E-state index >= 15 is 0 Å². The lowest BCUT2D eigenvalue weighted by Gasteiger charge is -2.17. The van der Waals surface area contributed by atoms with Crippen molar-refractivity contribution < 1.29 is 19.4 Å². The minimum absolute atomic E-state index is 0.277. The molecule has 0 atom stereocenters. The van der Waals surface area contributed by atoms with E-state index < -0.39 is 5.97 Å². The molecule has 0 saturated heterocycles. The summed E-state index contributed by atoms with van der Waals surface area (Å²) < 4.78 is 12.8. The molecule has 31 heavy (non-hydrogen) atoms. The van der Waals surface area contributed by atoms with Gasteiger partial charge in [0.1, 0.15) is 6.61 Å². The van der Waals surface area contributed by atoms with Crippen LogP contribution >= 0.6 is 15.9 Å². The van der Waals surface area contributed by atoms with Crippen LogP contribution in [-0.2, 0) is 13.2 Å². The van der Waals surface area contributed by atoms with Gasteiger partial charge in [-0.25, -0.2) is 4.79 Å². The quantitative estimate of drug-likeness (QED) is 0.370. The second-order valence-electron chi connectivity index (χ2n) is 7.24. The molecule has 0 unspecified atom stereocenters. The molecule has 3 aromatic rings. The fourth-order valence-electron chi connectivity index (χ4n) is 3.24. The molecule has 3 aromatic carbocycles. The van der Waals surface area contributed by atoms with Gasteiger partial charge in [0, 0.05) is 12.2 Å². The van der Waals surface area contributed by atoms with Crippen LogP contribution in [0.5, 0.6) is 11.5 Å². The summed E-state index contributed by atoms with van der Waals surface area (Å²) in [7, 11) is 0. The predicted octanol–water partition coefficient (Wildman–Crippen LogP) is 6.35. The van der Waals surface area contributed by atoms with Crippen LogP contribution < -0.4 is 14.8 Å². The third kappa shape index (κ3) is 5.79. The molecule has 0 fully saturated rings. The van der Waals surface area contributed by atoms with Crippen molar-refractivity contribution in [2.24, 2.45) is 0 Å². The maximum Gasteiger partial charge on any atom is 0.335 e. The van der Waals surface area contributed by atoms with Crippen LogP contribution in [0.15, 0.2) is 59.1 Å². The lowest BCUT2D eigenvalue weighted by atomic mass is 10.1. The van der Waals surface area contributed by atoms with Crippen molar-refractivity contribution in [3.05, 3.63) is 86.9 Å². The lowest BCUT2D eigenvalue weighted by molar-refractivity contribution is 0.0697. The van der Waals surface area contributed by atoms with Gasteiger partial charge in [0.05, 0.1) is 16.6 Å². The van der Waals surface area contributed by atoms with Crippen molar-refractivity contribution in [1.82, 2.24) is 0 Å². The Balaban J connectivity index is 1.76. The molecule has 0 aliphatic rings. The van der Waals surface area contributed by atoms with Crippen molar-refractivity contribution in [1.29, 1.82) is 0 Å². The highest BCUT2D eigenvalue weighted by Gasteiger charge is 2.14. The molecule has 0 aliphatic carbocycles. The van der Waals surface area contributed by atoms with E-state index in [0.29, 0.717) is 31.3 Å². The first kappa shape index (κ1) is 22.7. The molecule has 6 heteroatoms. The number of hydrogen-bond acceptors (Lipinski definition) is 4. The molecule has 0 aromatic heterocycles. The Labute approximate surface area is 191 Å². The molecule has 3 rings (SSSR count). The highest BCUT2D eigenvalue weighted by atomic mass is 79.9. The number of carbonyl (C=O) groups is 1. The van der Waals surface area contributed by atoms with Gasteiger partial charge in [-0.15, -0.1) is 0 Å². The van der Waals surface area contributed by atoms with Crippen molar-refractivity contribution in [3.8, 4) is 11.5 Å². The Hall–Kier alpha value is -2.99. The molecular weight excluding hydrogens is 458 g/mol. The summed E-state index contributed by atoms with van der Waals surface area (Å²) in [5, 5.41) is 12.5. The average Bonchev–Trinajstić information content (AvgIpc) is 2.73. The Morgan fingerprint density at radius 1 is 1.03 bits per heavy atom. The van der Waals surface area contributed by atoms with Crippen LogP contribution in [-0.4, -0.2) is 17.7 Å². The third-order valence-corrected chi connectivity index (χ3v) is 5.55. The summed E-state index contributed by atoms with van der Waals surface area (Å²) in [4.78, 5) is 11.1. The van der Waals surface area contributed by atoms with Gasteiger partial charge >= 0.3 is 5.97 Å². The van der Waals surface area contributed by atoms with Crippen LogP contribution in [0.2, 0.25) is 0 Å². The lowest BCUT2D eigenvalue weighted by Crippen LogP contribution is -2.05. The fourth-order valence-corrected chi connectivity index (χ4v) is 3.84. The number of anilines is 1. The SMILES string of the molecule is CCOc1cc(CNc2ccc(C(=O)O)cc2C)cc(Br)c1OCc1ccccc1C. The van der Waals surface area contributed by atoms with Gasteiger partial charge in [-0.2, -0.15) is 0 Å². The molecule has 0 radical (unpaired) electrons. The monoisotopic (exact) mass is 483 g/mol. The molecule has 0 heterocycles. The van der Waals surface area contributed by atoms with E-state index in [1.165, 1.54) is 5.56 Å². The molecule has 0 aliphatic heterocycles. The second kappa shape index (κ2) is 10.4. The van der Waals surface area contributed by atoms with Crippen molar-refractivity contribution in [2.45, 2.75) is 33.9 Å². The zero-order valence-electron chi connectivity index (χ0n) is 17.9. The summed E-state index contributed by atoms with van der Waals surface area (Å²) in [5.74, 6) is 0.428. The van der Waals surface area contributed by atoms with Crippen molar-refractivity contribution in [3.63, 3.8) is 0 Å². The largest absolute Gasteiger partial charge is 0.490 e. The van der Waals surface area contributed by atoms with Crippen LogP contribution in [0.4, 0.5) is 5.69 Å². The number of nitrogens with one attached hydrogen (secondary N) is 1. The Morgan fingerprint density at radius 3 is 2.48 bits per heavy atom. The van der Waals surface area contributed by atoms with Crippen LogP contribution in [0.25, 0.3) is 0 Å². The highest BCUT2D eigenvalue weighted by molar-refractivity contribution is 9.10. The van der Waals surface area contributed by atoms with E-state index in [-0.39, 0.29) is 5.56 Å². The first-order chi connectivity index (χ1) is 14.9. The van der Waals surface area contributed by atoms with E-state index in [0.717, 1.165) is 26.9 Å². The Bertz CT molecular complexity index is 1080. The van der Waals surface area contributed by atoms with Gasteiger partial charge in [-0.1, -0.05) is 24.3 Å². The number of aromatic carboxylic acids is 1. The summed E-state index contributed by atoms with van der Waals surface area (Å²) in [6.07, 6.45) is 0. The maximum atomic E-state index is 11.1. The minimum atomic E-state index is -0.929. The summed E-state index contributed by atoms with van der Waals surface area (Å²) in [5.41, 5.74) is 5.37. The van der Waals surface area contributed by atoms with Crippen LogP contribution in [0, 0.1) is 13.8 Å². The molecular formula is C25H26BrNO4. The standard InChI is InChI=1S/C25H26BrNO4/c1-4-30-23-13-18(14-27-22-10-9-19(25(28)29)11-17(22)3)12-21(26)24(23)31-15-20-8-6-5-7-16(20)2/h5-13,27H,4,14-15H2,1-3H3,(H,28,29). The minimum Gasteiger partial charge on any atom is -0.490 e. The van der Waals surface area contributed by atoms with Gasteiger partial charge in [-0.05, 0) is 89.3 Å². The number of hydrogen-bond donors (Lipinski definition) is 2. The molecule has 162 valence electrons. The smallest absolute Gasteiger partial charge is 0.335 e. The number of carboxylic acids is 1. The fraction of sp³-hybridized carbons (Fsp3) is 0.240. The molecule has 0 spiro atoms. The summed E-state index contributed by atoms with van der Waals surface area (Å²) in [6, 6.07) is 17.2. The Kier molecular flexibility index (Phi) is 7.58. The topological polar surface area (TPSA) is 67.8 Å². The zero-order valence-corrected chi connectivity index (χ0v) is 19.5. The van der Waals surface area contributed by atoms with Crippen molar-refractivity contribution >= 4 is 27.6 Å². The number of carboxylic acid groups (broad SMARTS) is 1. The van der Waals surface area contributed by atoms with Crippen LogP contribution in [0.3, 0.4) is 0 Å². The van der Waals surface area contributed by atoms with Gasteiger partial charge in [0.25, 0.3) is 0 Å². The highest BCUT2D eigenvalue weighted by Crippen LogP contribution is 2.38. The van der Waals surface area contributed by atoms with E-state index in [4.69, 9.17) is 14.6 Å². The number of halogens is 1. The number of benzene rings is 3. The van der Waals surface area contributed by atoms with E-state index in [1.807, 2.05) is 38.1 Å². The second-order valence-corrected chi connectivity index (χ2v) is 8.10. The normalized spacial score (nSPS) is 10.6. The van der Waals surface area contributed by atoms with E-state index in [1.54, 1.807) is 18.2 Å². The van der Waals surface area contributed by atoms with Gasteiger partial charge in [0.2, 0.25) is 0 Å². The van der Waals surface area contributed by atoms with Crippen molar-refractivity contribution in [2.75, 3.05) is 11.9 Å². The molecule has 0 bridgehead atoms. The van der Waals surface area contributed by atoms with Gasteiger partial charge in [-0.3, -0.25) is 0 Å². The summed E-state index contributed by atoms with van der Waals surface area (Å²) in [6.45, 7) is 7.44. The molecule has 0 saturated carbocycles. The molecule has 2 N–H and O–H groups in total. The Morgan fingerprint density at radius 2 is 1.81 bits per heavy atom. The predicted molar refractivity (Wildman–Crippen MR) is 126 cm³/mol. The zero-order chi connectivity index (χ0) is 22.4. The van der Waals surface area contributed by atoms with Gasteiger partial charge in [0.15, 0.2) is 11.5 Å². The molecule has 5 nitrogen and oxygen atoms in total. The van der Waals surface area contributed by atoms with Crippen LogP contribution in [0.1, 0.15) is 39.5 Å². The van der Waals surface area contributed by atoms with E-state index in [2.05, 4.69) is 40.3 Å². The number of rotatable bonds is 9. The van der Waals surface area contributed by atoms with E-state index in [9.17, 15) is 4.79 Å². The first-order valence-corrected chi connectivity index (χ1v) is 10.9. The first-order valence-electron chi connectivity index (χ1n) is 10.1.